The molecule has 3 saturated heterocycles. The van der Waals surface area contributed by atoms with Crippen molar-refractivity contribution < 1.29 is 48.3 Å². The van der Waals surface area contributed by atoms with E-state index in [2.05, 4.69) is 145 Å². The van der Waals surface area contributed by atoms with Gasteiger partial charge in [-0.3, -0.25) is 44.7 Å². The summed E-state index contributed by atoms with van der Waals surface area (Å²) in [6.45, 7) is 8.14. The van der Waals surface area contributed by atoms with Gasteiger partial charge in [0.15, 0.2) is 46.0 Å². The lowest BCUT2D eigenvalue weighted by Crippen LogP contribution is -2.49. The van der Waals surface area contributed by atoms with Crippen LogP contribution in [0.25, 0.3) is 0 Å². The number of aromatic nitrogens is 8. The highest BCUT2D eigenvalue weighted by atomic mass is 16.4. The number of anilines is 4. The molecule has 29 heteroatoms. The van der Waals surface area contributed by atoms with Crippen molar-refractivity contribution in [2.45, 2.75) is 192 Å². The number of benzene rings is 4. The lowest BCUT2D eigenvalue weighted by molar-refractivity contribution is -0.143. The molecule has 29 nitrogen and oxygen atoms in total. The Balaban J connectivity index is 0.000000133. The molecule has 0 radical (unpaired) electrons. The van der Waals surface area contributed by atoms with Gasteiger partial charge in [0, 0.05) is 117 Å². The number of urea groups is 3. The quantitative estimate of drug-likeness (QED) is 0.0488. The molecule has 3 atom stereocenters. The number of likely N-dealkylation sites (tertiary alicyclic amines) is 3. The Morgan fingerprint density at radius 3 is 1.00 bits per heavy atom. The third kappa shape index (κ3) is 20.2. The Morgan fingerprint density at radius 2 is 0.658 bits per heavy atom. The van der Waals surface area contributed by atoms with Gasteiger partial charge in [0.2, 0.25) is 5.91 Å². The average molecular weight is 1550 g/mol. The van der Waals surface area contributed by atoms with Crippen LogP contribution < -0.4 is 42.5 Å². The van der Waals surface area contributed by atoms with Gasteiger partial charge in [-0.1, -0.05) is 123 Å². The molecule has 5 aliphatic carbocycles. The van der Waals surface area contributed by atoms with Crippen LogP contribution in [0.3, 0.4) is 0 Å². The maximum Gasteiger partial charge on any atom is 0.323 e. The topological polar surface area (TPSA) is 383 Å². The van der Waals surface area contributed by atoms with Gasteiger partial charge in [0.1, 0.15) is 0 Å². The first-order valence-electron chi connectivity index (χ1n) is 39.8. The molecule has 4 aromatic carbocycles. The van der Waals surface area contributed by atoms with E-state index in [-0.39, 0.29) is 125 Å². The lowest BCUT2D eigenvalue weighted by atomic mass is 9.75. The number of hydrogen-bond acceptors (Lipinski definition) is 17. The fraction of sp³-hybridized carbons (Fsp3) is 0.424. The van der Waals surface area contributed by atoms with Crippen LogP contribution >= 0.6 is 0 Å². The molecule has 8 aliphatic rings. The van der Waals surface area contributed by atoms with Crippen LogP contribution in [0.4, 0.5) is 37.7 Å². The van der Waals surface area contributed by atoms with E-state index in [1.165, 1.54) is 105 Å². The van der Waals surface area contributed by atoms with E-state index < -0.39 is 29.2 Å². The summed E-state index contributed by atoms with van der Waals surface area (Å²) >= 11 is 0. The van der Waals surface area contributed by atoms with Gasteiger partial charge in [0.25, 0.3) is 23.6 Å². The predicted octanol–water partition coefficient (Wildman–Crippen LogP) is 10.5. The van der Waals surface area contributed by atoms with Gasteiger partial charge in [0.05, 0.1) is 5.92 Å². The van der Waals surface area contributed by atoms with Crippen LogP contribution in [0.5, 0.6) is 0 Å². The number of nitrogens with one attached hydrogen (secondary N) is 8. The maximum absolute atomic E-state index is 12.9. The van der Waals surface area contributed by atoms with Crippen LogP contribution in [0.2, 0.25) is 0 Å². The van der Waals surface area contributed by atoms with Crippen LogP contribution in [-0.2, 0) is 61.0 Å². The largest absolute Gasteiger partial charge is 0.481 e. The summed E-state index contributed by atoms with van der Waals surface area (Å²) in [5.41, 5.74) is 10.1. The number of carbonyl (C=O) groups excluding carboxylic acids is 8. The third-order valence-corrected chi connectivity index (χ3v) is 22.7. The standard InChI is InChI=1S/C22H27N5O2.C22H26N4O2.C21H23N5O4.C20H23N5O2/c1-14-6-5-7-15(2)27(14)22(29)26-20-19(23-10-11-24-20)21(28)25-18-12-16-8-3-4-9-17(16)13-18;1-22(9-5-2-6-10-22)21(28)26-19-18(23-11-12-24-19)20(27)25-17-13-15-7-3-4-8-16(15)14-17;27-19(24-16-10-13-4-1-2-5-14(13)11-16)17-18(23-8-7-22-17)25-21(30)26-9-3-6-15(12-26)20(28)29;26-19(23-16-12-14-6-2-3-7-15(14)13-16)17-18(22-9-8-21-17)24-20(27)25-10-4-1-5-11-25/h3-4,8-11,14-15,18H,5-7,12-13H2,1-2H3,(H,25,28)(H,24,26,29);3-4,7-8,11-12,17H,2,5-6,9-10,13-14H2,1H3,(H,25,27)(H,24,26,28);1-2,4-5,7-8,15-16H,3,6,9-12H2,(H,24,27)(H,28,29)(H,23,25,30);2-3,6-9,16H,1,4-5,10-13H2,(H,23,26)(H,22,24,27)/t14-,15+;;;. The molecule has 114 heavy (non-hydrogen) atoms. The van der Waals surface area contributed by atoms with E-state index in [1.807, 2.05) is 60.4 Å². The Labute approximate surface area is 662 Å². The smallest absolute Gasteiger partial charge is 0.323 e. The number of rotatable bonds is 14. The zero-order valence-electron chi connectivity index (χ0n) is 64.6. The Bertz CT molecular complexity index is 4710. The molecular weight excluding hydrogens is 1450 g/mol. The minimum Gasteiger partial charge on any atom is -0.481 e. The fourth-order valence-electron chi connectivity index (χ4n) is 16.7. The second-order valence-electron chi connectivity index (χ2n) is 31.0. The van der Waals surface area contributed by atoms with Crippen LogP contribution in [0, 0.1) is 11.3 Å². The summed E-state index contributed by atoms with van der Waals surface area (Å²) in [5.74, 6) is -2.18. The maximum atomic E-state index is 12.9. The number of hydrogen-bond donors (Lipinski definition) is 9. The van der Waals surface area contributed by atoms with E-state index in [0.717, 1.165) is 129 Å². The van der Waals surface area contributed by atoms with Crippen molar-refractivity contribution in [1.29, 1.82) is 0 Å². The van der Waals surface area contributed by atoms with Crippen LogP contribution in [0.15, 0.2) is 147 Å². The number of carbonyl (C=O) groups is 9. The summed E-state index contributed by atoms with van der Waals surface area (Å²) in [6, 6.07) is 32.2. The van der Waals surface area contributed by atoms with Gasteiger partial charge in [-0.15, -0.1) is 0 Å². The summed E-state index contributed by atoms with van der Waals surface area (Å²) in [5, 5.41) is 32.4. The molecule has 3 aliphatic heterocycles. The van der Waals surface area contributed by atoms with Crippen molar-refractivity contribution >= 4 is 76.9 Å². The molecule has 1 saturated carbocycles. The molecule has 4 aromatic heterocycles. The van der Waals surface area contributed by atoms with Crippen molar-refractivity contribution in [3.8, 4) is 0 Å². The number of aliphatic carboxylic acids is 1. The van der Waals surface area contributed by atoms with Crippen LogP contribution in [0.1, 0.15) is 191 Å². The van der Waals surface area contributed by atoms with Crippen molar-refractivity contribution in [1.82, 2.24) is 75.8 Å². The SMILES string of the molecule is CC1(C(=O)Nc2nccnc2C(=O)NC2Cc3ccccc3C2)CCCCC1.C[C@@H]1CCC[C@H](C)N1C(=O)Nc1nccnc1C(=O)NC1Cc2ccccc2C1.O=C(NC1Cc2ccccc2C1)c1nccnc1NC(=O)N1CCCC(C(=O)O)C1.O=C(NC1Cc2ccccc2C1)c1nccnc1NC(=O)N1CCCCC1. The molecule has 0 spiro atoms. The van der Waals surface area contributed by atoms with Crippen LogP contribution in [-0.4, -0.2) is 176 Å². The molecule has 11 amide bonds. The highest BCUT2D eigenvalue weighted by molar-refractivity contribution is 6.04. The van der Waals surface area contributed by atoms with Gasteiger partial charge in [-0.2, -0.15) is 0 Å². The van der Waals surface area contributed by atoms with Crippen molar-refractivity contribution in [2.24, 2.45) is 11.3 Å². The van der Waals surface area contributed by atoms with Crippen molar-refractivity contribution in [2.75, 3.05) is 47.4 Å². The molecule has 9 N–H and O–H groups in total. The number of amides is 11. The lowest BCUT2D eigenvalue weighted by Gasteiger charge is -2.38. The first kappa shape index (κ1) is 79.9. The molecule has 0 bridgehead atoms. The third-order valence-electron chi connectivity index (χ3n) is 22.7. The Morgan fingerprint density at radius 1 is 0.360 bits per heavy atom. The van der Waals surface area contributed by atoms with E-state index in [9.17, 15) is 48.3 Å². The first-order chi connectivity index (χ1) is 55.3. The summed E-state index contributed by atoms with van der Waals surface area (Å²) < 4.78 is 0. The molecule has 1 unspecified atom stereocenters. The Kier molecular flexibility index (Phi) is 26.2. The number of piperidine rings is 3. The van der Waals surface area contributed by atoms with E-state index in [4.69, 9.17) is 0 Å². The number of nitrogens with zero attached hydrogens (tertiary/aromatic N) is 11. The highest BCUT2D eigenvalue weighted by Crippen LogP contribution is 2.37. The molecule has 7 heterocycles. The first-order valence-corrected chi connectivity index (χ1v) is 39.8. The normalized spacial score (nSPS) is 18.8. The molecule has 4 fully saturated rings. The van der Waals surface area contributed by atoms with Gasteiger partial charge < -0.3 is 46.4 Å². The molecule has 16 rings (SSSR count). The van der Waals surface area contributed by atoms with E-state index in [1.54, 1.807) is 4.90 Å². The predicted molar refractivity (Wildman–Crippen MR) is 427 cm³/mol. The highest BCUT2D eigenvalue weighted by Gasteiger charge is 2.38. The van der Waals surface area contributed by atoms with Gasteiger partial charge in [-0.05, 0) is 174 Å². The minimum absolute atomic E-state index is 0.0209. The molecule has 594 valence electrons. The monoisotopic (exact) mass is 1550 g/mol. The zero-order valence-corrected chi connectivity index (χ0v) is 64.6. The minimum atomic E-state index is -0.912. The number of fused-ring (bicyclic) bond motifs is 4. The second-order valence-corrected chi connectivity index (χ2v) is 31.0. The Hall–Kier alpha value is -12.2. The average Bonchev–Trinajstić information content (AvgIpc) is 1.01. The number of carboxylic acid groups (broad SMARTS) is 1. The zero-order chi connectivity index (χ0) is 79.7. The fourth-order valence-corrected chi connectivity index (χ4v) is 16.7. The van der Waals surface area contributed by atoms with E-state index >= 15 is 0 Å². The number of carboxylic acids is 1. The van der Waals surface area contributed by atoms with E-state index in [0.29, 0.717) is 19.4 Å². The van der Waals surface area contributed by atoms with Crippen molar-refractivity contribution in [3.63, 3.8) is 0 Å². The van der Waals surface area contributed by atoms with Gasteiger partial charge >= 0.3 is 24.1 Å². The molecule has 8 aromatic rings. The summed E-state index contributed by atoms with van der Waals surface area (Å²) in [6.07, 6.45) is 30.4. The van der Waals surface area contributed by atoms with Gasteiger partial charge in [-0.25, -0.2) is 54.3 Å². The summed E-state index contributed by atoms with van der Waals surface area (Å²) in [4.78, 5) is 152. The van der Waals surface area contributed by atoms with Crippen molar-refractivity contribution in [3.05, 3.63) is 214 Å². The summed E-state index contributed by atoms with van der Waals surface area (Å²) in [7, 11) is 0. The second kappa shape index (κ2) is 37.4. The molecular formula is C85H99N19O10.